The van der Waals surface area contributed by atoms with Gasteiger partial charge in [0.1, 0.15) is 13.2 Å². The van der Waals surface area contributed by atoms with Gasteiger partial charge in [-0.1, -0.05) is 241 Å². The molecule has 0 aliphatic rings. The predicted octanol–water partition coefficient (Wildman–Crippen LogP) is 19.9. The van der Waals surface area contributed by atoms with Crippen LogP contribution in [0, 0.1) is 0 Å². The van der Waals surface area contributed by atoms with E-state index in [4.69, 9.17) is 14.2 Å². The first-order valence-electron chi connectivity index (χ1n) is 29.6. The molecule has 70 heavy (non-hydrogen) atoms. The van der Waals surface area contributed by atoms with E-state index in [2.05, 4.69) is 106 Å². The number of carbonyl (C=O) groups excluding carboxylic acids is 3. The maximum atomic E-state index is 12.8. The molecule has 1 atom stereocenters. The first-order chi connectivity index (χ1) is 34.5. The number of rotatable bonds is 53. The summed E-state index contributed by atoms with van der Waals surface area (Å²) in [5.41, 5.74) is 0. The van der Waals surface area contributed by atoms with Gasteiger partial charge in [0.15, 0.2) is 6.10 Å². The highest BCUT2D eigenvalue weighted by molar-refractivity contribution is 5.71. The van der Waals surface area contributed by atoms with Crippen LogP contribution in [0.1, 0.15) is 284 Å². The lowest BCUT2D eigenvalue weighted by Gasteiger charge is -2.18. The van der Waals surface area contributed by atoms with Crippen molar-refractivity contribution in [1.29, 1.82) is 0 Å². The van der Waals surface area contributed by atoms with E-state index in [0.29, 0.717) is 19.3 Å². The number of allylic oxidation sites excluding steroid dienone is 14. The van der Waals surface area contributed by atoms with Gasteiger partial charge in [-0.05, 0) is 109 Å². The van der Waals surface area contributed by atoms with Crippen molar-refractivity contribution >= 4 is 17.9 Å². The second-order valence-corrected chi connectivity index (χ2v) is 19.6. The molecule has 6 heteroatoms. The zero-order valence-corrected chi connectivity index (χ0v) is 46.0. The van der Waals surface area contributed by atoms with Crippen LogP contribution < -0.4 is 0 Å². The van der Waals surface area contributed by atoms with Crippen LogP contribution in [0.3, 0.4) is 0 Å². The molecule has 1 unspecified atom stereocenters. The lowest BCUT2D eigenvalue weighted by atomic mass is 10.1. The van der Waals surface area contributed by atoms with Gasteiger partial charge in [0.25, 0.3) is 0 Å². The van der Waals surface area contributed by atoms with E-state index in [9.17, 15) is 14.4 Å². The van der Waals surface area contributed by atoms with Crippen LogP contribution in [0.25, 0.3) is 0 Å². The average molecular weight is 976 g/mol. The summed E-state index contributed by atoms with van der Waals surface area (Å²) < 4.78 is 16.8. The molecule has 0 amide bonds. The number of hydrogen-bond donors (Lipinski definition) is 0. The molecule has 0 rings (SSSR count). The van der Waals surface area contributed by atoms with E-state index in [1.807, 2.05) is 0 Å². The summed E-state index contributed by atoms with van der Waals surface area (Å²) in [4.78, 5) is 38.2. The zero-order chi connectivity index (χ0) is 50.7. The molecule has 0 aromatic rings. The maximum absolute atomic E-state index is 12.8. The van der Waals surface area contributed by atoms with Gasteiger partial charge in [0.2, 0.25) is 0 Å². The lowest BCUT2D eigenvalue weighted by Crippen LogP contribution is -2.30. The Morgan fingerprint density at radius 2 is 0.571 bits per heavy atom. The molecule has 0 saturated carbocycles. The van der Waals surface area contributed by atoms with Crippen molar-refractivity contribution in [2.45, 2.75) is 290 Å². The second-order valence-electron chi connectivity index (χ2n) is 19.6. The van der Waals surface area contributed by atoms with E-state index in [0.717, 1.165) is 83.5 Å². The molecule has 0 N–H and O–H groups in total. The molecule has 6 nitrogen and oxygen atoms in total. The van der Waals surface area contributed by atoms with Gasteiger partial charge in [-0.15, -0.1) is 0 Å². The average Bonchev–Trinajstić information content (AvgIpc) is 3.36. The Morgan fingerprint density at radius 1 is 0.300 bits per heavy atom. The SMILES string of the molecule is CCCCC/C=C\C/C=C\C/C=C\C/C=C\CCCC(=O)OC(COC(=O)CCCCCCC/C=C\C=C/CCCCCCCCC)COC(=O)CCCCCCCCC/C=C\CCCCCCCC. The highest BCUT2D eigenvalue weighted by Crippen LogP contribution is 2.14. The van der Waals surface area contributed by atoms with E-state index < -0.39 is 6.10 Å². The van der Waals surface area contributed by atoms with E-state index in [-0.39, 0.29) is 37.5 Å². The first-order valence-corrected chi connectivity index (χ1v) is 29.6. The monoisotopic (exact) mass is 975 g/mol. The Hall–Kier alpha value is -3.41. The molecule has 0 fully saturated rings. The Bertz CT molecular complexity index is 1350. The van der Waals surface area contributed by atoms with Crippen molar-refractivity contribution in [2.24, 2.45) is 0 Å². The number of ether oxygens (including phenoxy) is 3. The third kappa shape index (κ3) is 55.5. The van der Waals surface area contributed by atoms with Crippen molar-refractivity contribution in [3.05, 3.63) is 85.1 Å². The molecule has 0 radical (unpaired) electrons. The van der Waals surface area contributed by atoms with Crippen molar-refractivity contribution in [3.8, 4) is 0 Å². The van der Waals surface area contributed by atoms with Crippen molar-refractivity contribution < 1.29 is 28.6 Å². The van der Waals surface area contributed by atoms with Gasteiger partial charge in [0, 0.05) is 19.3 Å². The summed E-state index contributed by atoms with van der Waals surface area (Å²) in [6.07, 6.45) is 75.8. The van der Waals surface area contributed by atoms with Crippen molar-refractivity contribution in [1.82, 2.24) is 0 Å². The minimum Gasteiger partial charge on any atom is -0.462 e. The highest BCUT2D eigenvalue weighted by atomic mass is 16.6. The third-order valence-corrected chi connectivity index (χ3v) is 12.6. The van der Waals surface area contributed by atoms with Gasteiger partial charge in [0.05, 0.1) is 0 Å². The van der Waals surface area contributed by atoms with Crippen LogP contribution in [-0.4, -0.2) is 37.2 Å². The van der Waals surface area contributed by atoms with E-state index in [1.54, 1.807) is 0 Å². The van der Waals surface area contributed by atoms with Crippen LogP contribution in [0.2, 0.25) is 0 Å². The molecule has 0 aromatic heterocycles. The molecular formula is C64H110O6. The van der Waals surface area contributed by atoms with Crippen LogP contribution in [-0.2, 0) is 28.6 Å². The molecule has 0 saturated heterocycles. The molecule has 0 spiro atoms. The second kappa shape index (κ2) is 58.2. The summed E-state index contributed by atoms with van der Waals surface area (Å²) in [6, 6.07) is 0. The fourth-order valence-corrected chi connectivity index (χ4v) is 8.13. The largest absolute Gasteiger partial charge is 0.462 e. The van der Waals surface area contributed by atoms with E-state index in [1.165, 1.54) is 154 Å². The van der Waals surface area contributed by atoms with Crippen LogP contribution >= 0.6 is 0 Å². The number of carbonyl (C=O) groups is 3. The minimum atomic E-state index is -0.814. The Balaban J connectivity index is 4.50. The molecule has 0 aromatic carbocycles. The first kappa shape index (κ1) is 66.6. The number of esters is 3. The topological polar surface area (TPSA) is 78.9 Å². The Morgan fingerprint density at radius 3 is 0.971 bits per heavy atom. The quantitative estimate of drug-likeness (QED) is 0.0199. The molecule has 0 heterocycles. The molecular weight excluding hydrogens is 865 g/mol. The smallest absolute Gasteiger partial charge is 0.306 e. The summed E-state index contributed by atoms with van der Waals surface area (Å²) >= 11 is 0. The lowest BCUT2D eigenvalue weighted by molar-refractivity contribution is -0.167. The standard InChI is InChI=1S/C64H110O6/c1-4-7-10-13-16-19-22-25-28-31-34-36-39-42-45-48-51-54-57-63(66)69-60-61(70-64(67)58-55-52-49-46-43-40-37-33-30-27-24-21-18-15-12-9-6-3)59-68-62(65)56-53-50-47-44-41-38-35-32-29-26-23-20-17-14-11-8-5-2/h18,21,26-31,34,36-37,40,46,49,61H,4-17,19-20,22-25,32-33,35,38-39,41-45,47-48,50-60H2,1-3H3/b21-18-,29-26-,30-27-,31-28-,36-34-,40-37-,49-46-. The van der Waals surface area contributed by atoms with Gasteiger partial charge in [-0.2, -0.15) is 0 Å². The highest BCUT2D eigenvalue weighted by Gasteiger charge is 2.19. The molecule has 0 bridgehead atoms. The minimum absolute atomic E-state index is 0.105. The van der Waals surface area contributed by atoms with Gasteiger partial charge < -0.3 is 14.2 Å². The molecule has 0 aliphatic carbocycles. The molecule has 0 aliphatic heterocycles. The Kier molecular flexibility index (Phi) is 55.3. The van der Waals surface area contributed by atoms with Gasteiger partial charge in [-0.25, -0.2) is 0 Å². The number of hydrogen-bond acceptors (Lipinski definition) is 6. The van der Waals surface area contributed by atoms with Crippen molar-refractivity contribution in [3.63, 3.8) is 0 Å². The zero-order valence-electron chi connectivity index (χ0n) is 46.0. The third-order valence-electron chi connectivity index (χ3n) is 12.6. The van der Waals surface area contributed by atoms with Crippen LogP contribution in [0.5, 0.6) is 0 Å². The van der Waals surface area contributed by atoms with Crippen LogP contribution in [0.4, 0.5) is 0 Å². The molecule has 402 valence electrons. The van der Waals surface area contributed by atoms with Crippen LogP contribution in [0.15, 0.2) is 85.1 Å². The summed E-state index contributed by atoms with van der Waals surface area (Å²) in [5.74, 6) is -0.975. The van der Waals surface area contributed by atoms with Gasteiger partial charge in [-0.3, -0.25) is 14.4 Å². The normalized spacial score (nSPS) is 12.7. The fraction of sp³-hybridized carbons (Fsp3) is 0.734. The fourth-order valence-electron chi connectivity index (χ4n) is 8.13. The summed E-state index contributed by atoms with van der Waals surface area (Å²) in [6.45, 7) is 6.56. The number of unbranched alkanes of at least 4 members (excludes halogenated alkanes) is 29. The maximum Gasteiger partial charge on any atom is 0.306 e. The van der Waals surface area contributed by atoms with Crippen molar-refractivity contribution in [2.75, 3.05) is 13.2 Å². The van der Waals surface area contributed by atoms with E-state index >= 15 is 0 Å². The van der Waals surface area contributed by atoms with Gasteiger partial charge >= 0.3 is 17.9 Å². The summed E-state index contributed by atoms with van der Waals surface area (Å²) in [7, 11) is 0. The summed E-state index contributed by atoms with van der Waals surface area (Å²) in [5, 5.41) is 0. The Labute approximate surface area is 433 Å². The predicted molar refractivity (Wildman–Crippen MR) is 302 cm³/mol.